The van der Waals surface area contributed by atoms with Crippen molar-refractivity contribution in [2.75, 3.05) is 12.0 Å². The Hall–Kier alpha value is 0.350. The summed E-state index contributed by atoms with van der Waals surface area (Å²) < 4.78 is 0. The molecular weight excluding hydrogens is 224 g/mol. The molecule has 0 aromatic rings. The van der Waals surface area contributed by atoms with Crippen LogP contribution in [0.3, 0.4) is 0 Å². The van der Waals surface area contributed by atoms with Crippen molar-refractivity contribution in [1.29, 1.82) is 0 Å². The van der Waals surface area contributed by atoms with Gasteiger partial charge in [-0.25, -0.2) is 0 Å². The van der Waals surface area contributed by atoms with Gasteiger partial charge >= 0.3 is 0 Å². The van der Waals surface area contributed by atoms with Gasteiger partial charge in [-0.1, -0.05) is 65.7 Å². The smallest absolute Gasteiger partial charge is 0.00651 e. The van der Waals surface area contributed by atoms with Crippen molar-refractivity contribution in [3.05, 3.63) is 0 Å². The predicted molar refractivity (Wildman–Crippen MR) is 84.0 cm³/mol. The number of rotatable bonds is 12. The second-order valence-electron chi connectivity index (χ2n) is 5.82. The Bertz CT molecular complexity index is 156. The Morgan fingerprint density at radius 3 is 1.82 bits per heavy atom. The fourth-order valence-corrected chi connectivity index (χ4v) is 3.20. The van der Waals surface area contributed by atoms with Crippen LogP contribution in [0, 0.1) is 5.41 Å². The van der Waals surface area contributed by atoms with E-state index >= 15 is 0 Å². The summed E-state index contributed by atoms with van der Waals surface area (Å²) in [5, 5.41) is 0. The van der Waals surface area contributed by atoms with Gasteiger partial charge < -0.3 is 0 Å². The Labute approximate surface area is 114 Å². The lowest BCUT2D eigenvalue weighted by Crippen LogP contribution is -2.17. The molecule has 0 aromatic heterocycles. The third kappa shape index (κ3) is 10.00. The molecule has 0 saturated heterocycles. The molecule has 0 rings (SSSR count). The minimum atomic E-state index is 0.631. The van der Waals surface area contributed by atoms with Crippen molar-refractivity contribution >= 4 is 11.8 Å². The van der Waals surface area contributed by atoms with E-state index in [2.05, 4.69) is 27.0 Å². The quantitative estimate of drug-likeness (QED) is 0.370. The topological polar surface area (TPSA) is 0 Å². The Kier molecular flexibility index (Phi) is 11.7. The second kappa shape index (κ2) is 11.4. The highest BCUT2D eigenvalue weighted by Gasteiger charge is 2.22. The van der Waals surface area contributed by atoms with Crippen LogP contribution in [-0.2, 0) is 0 Å². The molecule has 0 amide bonds. The Morgan fingerprint density at radius 2 is 1.29 bits per heavy atom. The minimum absolute atomic E-state index is 0.631. The van der Waals surface area contributed by atoms with E-state index in [0.717, 1.165) is 0 Å². The van der Waals surface area contributed by atoms with Crippen molar-refractivity contribution in [1.82, 2.24) is 0 Å². The molecule has 1 heteroatoms. The maximum atomic E-state index is 2.53. The van der Waals surface area contributed by atoms with Gasteiger partial charge in [0.2, 0.25) is 0 Å². The molecule has 0 saturated carbocycles. The molecule has 0 radical (unpaired) electrons. The molecule has 0 aliphatic heterocycles. The molecule has 0 fully saturated rings. The van der Waals surface area contributed by atoms with Crippen LogP contribution < -0.4 is 0 Å². The summed E-state index contributed by atoms with van der Waals surface area (Å²) in [5.41, 5.74) is 0.631. The highest BCUT2D eigenvalue weighted by Crippen LogP contribution is 2.35. The molecule has 0 N–H and O–H groups in total. The zero-order valence-electron chi connectivity index (χ0n) is 12.7. The van der Waals surface area contributed by atoms with Crippen LogP contribution in [0.15, 0.2) is 0 Å². The monoisotopic (exact) mass is 258 g/mol. The van der Waals surface area contributed by atoms with Crippen molar-refractivity contribution in [2.45, 2.75) is 85.0 Å². The normalized spacial score (nSPS) is 14.8. The van der Waals surface area contributed by atoms with E-state index in [9.17, 15) is 0 Å². The second-order valence-corrected chi connectivity index (χ2v) is 6.81. The first-order valence-electron chi connectivity index (χ1n) is 7.67. The summed E-state index contributed by atoms with van der Waals surface area (Å²) in [7, 11) is 0. The van der Waals surface area contributed by atoms with Crippen LogP contribution in [0.5, 0.6) is 0 Å². The number of hydrogen-bond donors (Lipinski definition) is 0. The highest BCUT2D eigenvalue weighted by molar-refractivity contribution is 7.98. The van der Waals surface area contributed by atoms with Crippen LogP contribution in [0.4, 0.5) is 0 Å². The maximum absolute atomic E-state index is 2.53. The average Bonchev–Trinajstić information content (AvgIpc) is 2.33. The van der Waals surface area contributed by atoms with Crippen molar-refractivity contribution < 1.29 is 0 Å². The van der Waals surface area contributed by atoms with Gasteiger partial charge in [-0.3, -0.25) is 0 Å². The van der Waals surface area contributed by atoms with Gasteiger partial charge in [-0.2, -0.15) is 11.8 Å². The van der Waals surface area contributed by atoms with Crippen LogP contribution in [0.2, 0.25) is 0 Å². The van der Waals surface area contributed by atoms with Crippen molar-refractivity contribution in [3.8, 4) is 0 Å². The number of thioether (sulfide) groups is 1. The molecule has 0 bridgehead atoms. The van der Waals surface area contributed by atoms with Gasteiger partial charge in [0.1, 0.15) is 0 Å². The third-order valence-electron chi connectivity index (χ3n) is 3.93. The Balaban J connectivity index is 3.90. The first kappa shape index (κ1) is 17.4. The fourth-order valence-electron chi connectivity index (χ4n) is 2.50. The summed E-state index contributed by atoms with van der Waals surface area (Å²) in [6.07, 6.45) is 16.5. The van der Waals surface area contributed by atoms with Crippen LogP contribution in [0.25, 0.3) is 0 Å². The van der Waals surface area contributed by atoms with Gasteiger partial charge in [-0.15, -0.1) is 0 Å². The summed E-state index contributed by atoms with van der Waals surface area (Å²) in [4.78, 5) is 0. The molecule has 0 spiro atoms. The molecule has 1 unspecified atom stereocenters. The summed E-state index contributed by atoms with van der Waals surface area (Å²) in [6, 6.07) is 0. The van der Waals surface area contributed by atoms with Gasteiger partial charge in [0.05, 0.1) is 0 Å². The molecule has 17 heavy (non-hydrogen) atoms. The van der Waals surface area contributed by atoms with Gasteiger partial charge in [-0.05, 0) is 36.7 Å². The fraction of sp³-hybridized carbons (Fsp3) is 1.00. The lowest BCUT2D eigenvalue weighted by molar-refractivity contribution is 0.244. The molecule has 0 aromatic carbocycles. The molecule has 0 nitrogen and oxygen atoms in total. The largest absolute Gasteiger partial charge is 0.165 e. The number of hydrogen-bond acceptors (Lipinski definition) is 1. The number of unbranched alkanes of at least 4 members (excludes halogenated alkanes) is 5. The standard InChI is InChI=1S/C16H34S/c1-5-7-9-11-13-16(3,14-15-17-4)12-10-8-6-2/h5-15H2,1-4H3. The van der Waals surface area contributed by atoms with E-state index in [1.165, 1.54) is 70.0 Å². The highest BCUT2D eigenvalue weighted by atomic mass is 32.2. The lowest BCUT2D eigenvalue weighted by atomic mass is 9.77. The minimum Gasteiger partial charge on any atom is -0.165 e. The molecule has 1 atom stereocenters. The summed E-state index contributed by atoms with van der Waals surface area (Å²) in [6.45, 7) is 7.14. The first-order valence-corrected chi connectivity index (χ1v) is 9.07. The lowest BCUT2D eigenvalue weighted by Gasteiger charge is -2.30. The SMILES string of the molecule is CCCCCCC(C)(CCCCC)CCSC. The zero-order valence-corrected chi connectivity index (χ0v) is 13.5. The van der Waals surface area contributed by atoms with Gasteiger partial charge in [0, 0.05) is 0 Å². The van der Waals surface area contributed by atoms with E-state index in [1.54, 1.807) is 0 Å². The molecule has 0 heterocycles. The van der Waals surface area contributed by atoms with Crippen molar-refractivity contribution in [2.24, 2.45) is 5.41 Å². The average molecular weight is 259 g/mol. The first-order chi connectivity index (χ1) is 8.18. The van der Waals surface area contributed by atoms with E-state index < -0.39 is 0 Å². The summed E-state index contributed by atoms with van der Waals surface area (Å²) >= 11 is 2.01. The Morgan fingerprint density at radius 1 is 0.765 bits per heavy atom. The van der Waals surface area contributed by atoms with E-state index in [4.69, 9.17) is 0 Å². The van der Waals surface area contributed by atoms with Crippen molar-refractivity contribution in [3.63, 3.8) is 0 Å². The molecule has 0 aliphatic rings. The van der Waals surface area contributed by atoms with Gasteiger partial charge in [0.25, 0.3) is 0 Å². The van der Waals surface area contributed by atoms with E-state index in [0.29, 0.717) is 5.41 Å². The van der Waals surface area contributed by atoms with Crippen LogP contribution >= 0.6 is 11.8 Å². The molecule has 0 aliphatic carbocycles. The maximum Gasteiger partial charge on any atom is -0.00651 e. The third-order valence-corrected chi connectivity index (χ3v) is 4.54. The van der Waals surface area contributed by atoms with E-state index in [-0.39, 0.29) is 0 Å². The molecular formula is C16H34S. The van der Waals surface area contributed by atoms with Crippen LogP contribution in [0.1, 0.15) is 85.0 Å². The van der Waals surface area contributed by atoms with Crippen LogP contribution in [-0.4, -0.2) is 12.0 Å². The molecule has 104 valence electrons. The van der Waals surface area contributed by atoms with E-state index in [1.807, 2.05) is 11.8 Å². The predicted octanol–water partition coefficient (Wildman–Crippen LogP) is 6.30. The van der Waals surface area contributed by atoms with Gasteiger partial charge in [0.15, 0.2) is 0 Å². The summed E-state index contributed by atoms with van der Waals surface area (Å²) in [5.74, 6) is 1.34. The zero-order chi connectivity index (χ0) is 13.0.